The Labute approximate surface area is 73.1 Å². The van der Waals surface area contributed by atoms with E-state index in [2.05, 4.69) is 5.32 Å². The monoisotopic (exact) mass is 196 g/mol. The largest absolute Gasteiger partial charge is 0.316 e. The summed E-state index contributed by atoms with van der Waals surface area (Å²) in [5, 5.41) is 2.91. The molecule has 0 aromatic heterocycles. The molecule has 0 rings (SSSR count). The van der Waals surface area contributed by atoms with E-state index in [0.29, 0.717) is 13.0 Å². The molecule has 0 heterocycles. The molecule has 1 atom stereocenters. The van der Waals surface area contributed by atoms with Gasteiger partial charge in [0, 0.05) is 0 Å². The average Bonchev–Trinajstić information content (AvgIpc) is 1.96. The zero-order valence-electron chi connectivity index (χ0n) is 7.16. The molecule has 0 fully saturated rings. The Kier molecular flexibility index (Phi) is 5.39. The quantitative estimate of drug-likeness (QED) is 0.304. The molecule has 74 valence electrons. The van der Waals surface area contributed by atoms with Gasteiger partial charge in [-0.3, -0.25) is 4.55 Å². The zero-order chi connectivity index (χ0) is 9.61. The summed E-state index contributed by atoms with van der Waals surface area (Å²) >= 11 is 0. The van der Waals surface area contributed by atoms with Gasteiger partial charge in [-0.2, -0.15) is 8.42 Å². The lowest BCUT2D eigenvalue weighted by atomic mass is 10.3. The Balaban J connectivity index is 3.34. The van der Waals surface area contributed by atoms with Crippen LogP contribution in [0, 0.1) is 0 Å². The van der Waals surface area contributed by atoms with Gasteiger partial charge in [-0.1, -0.05) is 6.92 Å². The number of nitrogens with two attached hydrogens (primary N) is 1. The van der Waals surface area contributed by atoms with E-state index in [-0.39, 0.29) is 11.9 Å². The molecule has 4 N–H and O–H groups in total. The lowest BCUT2D eigenvalue weighted by Gasteiger charge is -2.09. The summed E-state index contributed by atoms with van der Waals surface area (Å²) in [6, 6.07) is 0. The molecular formula is C6H16N2O3S. The van der Waals surface area contributed by atoms with Crippen molar-refractivity contribution in [2.24, 2.45) is 5.73 Å². The second-order valence-electron chi connectivity index (χ2n) is 2.61. The van der Waals surface area contributed by atoms with Crippen LogP contribution in [0.15, 0.2) is 0 Å². The summed E-state index contributed by atoms with van der Waals surface area (Å²) in [7, 11) is -3.81. The molecule has 0 bridgehead atoms. The van der Waals surface area contributed by atoms with Crippen LogP contribution in [0.3, 0.4) is 0 Å². The molecule has 0 aromatic carbocycles. The van der Waals surface area contributed by atoms with E-state index < -0.39 is 10.1 Å². The zero-order valence-corrected chi connectivity index (χ0v) is 7.97. The van der Waals surface area contributed by atoms with Crippen LogP contribution < -0.4 is 11.1 Å². The molecule has 0 amide bonds. The highest BCUT2D eigenvalue weighted by Crippen LogP contribution is 1.87. The van der Waals surface area contributed by atoms with E-state index in [1.165, 1.54) is 0 Å². The average molecular weight is 196 g/mol. The minimum Gasteiger partial charge on any atom is -0.316 e. The van der Waals surface area contributed by atoms with Crippen molar-refractivity contribution in [3.05, 3.63) is 0 Å². The van der Waals surface area contributed by atoms with Crippen LogP contribution in [0.5, 0.6) is 0 Å². The fraction of sp³-hybridized carbons (Fsp3) is 1.00. The highest BCUT2D eigenvalue weighted by molar-refractivity contribution is 7.85. The first-order valence-corrected chi connectivity index (χ1v) is 5.50. The maximum Gasteiger partial charge on any atom is 0.264 e. The molecule has 0 aliphatic rings. The Bertz CT molecular complexity index is 203. The van der Waals surface area contributed by atoms with Crippen LogP contribution in [-0.2, 0) is 10.1 Å². The van der Waals surface area contributed by atoms with E-state index >= 15 is 0 Å². The first kappa shape index (κ1) is 11.8. The molecule has 0 aliphatic carbocycles. The lowest BCUT2D eigenvalue weighted by molar-refractivity contribution is 0.473. The lowest BCUT2D eigenvalue weighted by Crippen LogP contribution is -2.37. The standard InChI is InChI=1S/C6H16N2O3S/c1-2-6(7)8-4-3-5-12(9,10)11/h6,8H,2-5,7H2,1H3,(H,9,10,11). The summed E-state index contributed by atoms with van der Waals surface area (Å²) in [6.07, 6.45) is 1.09. The molecule has 0 aromatic rings. The molecule has 12 heavy (non-hydrogen) atoms. The van der Waals surface area contributed by atoms with Gasteiger partial charge in [0.25, 0.3) is 10.1 Å². The summed E-state index contributed by atoms with van der Waals surface area (Å²) in [4.78, 5) is 0. The minimum absolute atomic E-state index is 0.0913. The van der Waals surface area contributed by atoms with Gasteiger partial charge in [0.1, 0.15) is 0 Å². The molecule has 0 saturated heterocycles. The van der Waals surface area contributed by atoms with Crippen LogP contribution >= 0.6 is 0 Å². The van der Waals surface area contributed by atoms with Crippen molar-refractivity contribution in [3.63, 3.8) is 0 Å². The summed E-state index contributed by atoms with van der Waals surface area (Å²) < 4.78 is 28.8. The van der Waals surface area contributed by atoms with Crippen LogP contribution in [0.1, 0.15) is 19.8 Å². The summed E-state index contributed by atoms with van der Waals surface area (Å²) in [5.74, 6) is -0.212. The van der Waals surface area contributed by atoms with E-state index in [1.54, 1.807) is 0 Å². The van der Waals surface area contributed by atoms with Gasteiger partial charge in [0.2, 0.25) is 0 Å². The Morgan fingerprint density at radius 3 is 2.58 bits per heavy atom. The Morgan fingerprint density at radius 1 is 1.58 bits per heavy atom. The summed E-state index contributed by atoms with van der Waals surface area (Å²) in [5.41, 5.74) is 5.50. The van der Waals surface area contributed by atoms with Gasteiger partial charge in [-0.25, -0.2) is 0 Å². The Hall–Kier alpha value is -0.170. The van der Waals surface area contributed by atoms with E-state index in [0.717, 1.165) is 6.42 Å². The van der Waals surface area contributed by atoms with Crippen molar-refractivity contribution in [2.75, 3.05) is 12.3 Å². The van der Waals surface area contributed by atoms with Crippen molar-refractivity contribution < 1.29 is 13.0 Å². The van der Waals surface area contributed by atoms with Gasteiger partial charge >= 0.3 is 0 Å². The highest BCUT2D eigenvalue weighted by Gasteiger charge is 2.03. The third-order valence-electron chi connectivity index (χ3n) is 1.43. The van der Waals surface area contributed by atoms with Crippen LogP contribution in [0.25, 0.3) is 0 Å². The van der Waals surface area contributed by atoms with E-state index in [9.17, 15) is 8.42 Å². The van der Waals surface area contributed by atoms with Gasteiger partial charge in [0.15, 0.2) is 0 Å². The second-order valence-corrected chi connectivity index (χ2v) is 4.18. The van der Waals surface area contributed by atoms with Crippen molar-refractivity contribution in [1.29, 1.82) is 0 Å². The SMILES string of the molecule is CCC(N)NCCCS(=O)(=O)O. The van der Waals surface area contributed by atoms with Crippen molar-refractivity contribution >= 4 is 10.1 Å². The first-order chi connectivity index (χ1) is 5.45. The first-order valence-electron chi connectivity index (χ1n) is 3.90. The molecule has 0 spiro atoms. The molecule has 0 aliphatic heterocycles. The van der Waals surface area contributed by atoms with E-state index in [1.807, 2.05) is 6.92 Å². The van der Waals surface area contributed by atoms with Crippen molar-refractivity contribution in [3.8, 4) is 0 Å². The second kappa shape index (κ2) is 5.47. The highest BCUT2D eigenvalue weighted by atomic mass is 32.2. The molecule has 6 heteroatoms. The number of hydrogen-bond donors (Lipinski definition) is 3. The van der Waals surface area contributed by atoms with Crippen LogP contribution in [-0.4, -0.2) is 31.4 Å². The van der Waals surface area contributed by atoms with Crippen molar-refractivity contribution in [1.82, 2.24) is 5.32 Å². The third-order valence-corrected chi connectivity index (χ3v) is 2.23. The molecule has 0 radical (unpaired) electrons. The third kappa shape index (κ3) is 7.93. The van der Waals surface area contributed by atoms with Gasteiger partial charge in [-0.05, 0) is 19.4 Å². The molecular weight excluding hydrogens is 180 g/mol. The van der Waals surface area contributed by atoms with Crippen molar-refractivity contribution in [2.45, 2.75) is 25.9 Å². The van der Waals surface area contributed by atoms with Crippen LogP contribution in [0.2, 0.25) is 0 Å². The topological polar surface area (TPSA) is 92.4 Å². The van der Waals surface area contributed by atoms with Crippen LogP contribution in [0.4, 0.5) is 0 Å². The maximum absolute atomic E-state index is 10.2. The fourth-order valence-corrected chi connectivity index (χ4v) is 1.20. The van der Waals surface area contributed by atoms with Gasteiger partial charge in [-0.15, -0.1) is 0 Å². The normalized spacial score (nSPS) is 14.6. The number of nitrogens with one attached hydrogen (secondary N) is 1. The maximum atomic E-state index is 10.2. The van der Waals surface area contributed by atoms with Gasteiger partial charge in [0.05, 0.1) is 11.9 Å². The Morgan fingerprint density at radius 2 is 2.17 bits per heavy atom. The predicted octanol–water partition coefficient (Wildman–Crippen LogP) is -0.451. The fourth-order valence-electron chi connectivity index (χ4n) is 0.686. The predicted molar refractivity (Wildman–Crippen MR) is 47.3 cm³/mol. The summed E-state index contributed by atoms with van der Waals surface area (Å²) in [6.45, 7) is 2.44. The minimum atomic E-state index is -3.81. The molecule has 5 nitrogen and oxygen atoms in total. The number of hydrogen-bond acceptors (Lipinski definition) is 4. The molecule has 1 unspecified atom stereocenters. The smallest absolute Gasteiger partial charge is 0.264 e. The van der Waals surface area contributed by atoms with Gasteiger partial charge < -0.3 is 11.1 Å². The molecule has 0 saturated carbocycles. The number of rotatable bonds is 6. The van der Waals surface area contributed by atoms with E-state index in [4.69, 9.17) is 10.3 Å².